The van der Waals surface area contributed by atoms with Crippen molar-refractivity contribution in [1.82, 2.24) is 0 Å². The van der Waals surface area contributed by atoms with Crippen LogP contribution in [0.25, 0.3) is 11.1 Å². The first kappa shape index (κ1) is 27.7. The summed E-state index contributed by atoms with van der Waals surface area (Å²) in [5.74, 6) is -8.58. The Kier molecular flexibility index (Phi) is 8.13. The standard InChI is InChI=1S/C29H24F8O/c1-2-16-3-5-17(6-4-16)22-9-7-18(26(33)27(22)34)11-12-29(36,37)38-20-8-10-21(23(30)15-20)19-13-24(31)28(35)25(32)14-19/h2,7-10,13-17H,1,3-6,11-12H2. The fourth-order valence-electron chi connectivity index (χ4n) is 4.79. The molecule has 3 aromatic carbocycles. The van der Waals surface area contributed by atoms with Crippen molar-refractivity contribution in [2.75, 3.05) is 0 Å². The average Bonchev–Trinajstić information content (AvgIpc) is 2.88. The predicted molar refractivity (Wildman–Crippen MR) is 127 cm³/mol. The van der Waals surface area contributed by atoms with Gasteiger partial charge in [0.25, 0.3) is 0 Å². The number of allylic oxidation sites excluding steroid dienone is 1. The van der Waals surface area contributed by atoms with Gasteiger partial charge in [0.15, 0.2) is 29.1 Å². The molecule has 0 heterocycles. The molecule has 1 aliphatic rings. The zero-order chi connectivity index (χ0) is 27.6. The van der Waals surface area contributed by atoms with Crippen LogP contribution >= 0.6 is 0 Å². The minimum absolute atomic E-state index is 0.153. The first-order chi connectivity index (χ1) is 18.0. The van der Waals surface area contributed by atoms with Gasteiger partial charge in [0.05, 0.1) is 6.42 Å². The Morgan fingerprint density at radius 1 is 0.789 bits per heavy atom. The summed E-state index contributed by atoms with van der Waals surface area (Å²) in [5.41, 5.74) is -0.717. The van der Waals surface area contributed by atoms with Gasteiger partial charge in [-0.25, -0.2) is 26.3 Å². The molecule has 202 valence electrons. The zero-order valence-electron chi connectivity index (χ0n) is 20.2. The molecule has 0 unspecified atom stereocenters. The van der Waals surface area contributed by atoms with Crippen LogP contribution in [0.15, 0.2) is 55.1 Å². The number of ether oxygens (including phenoxy) is 1. The van der Waals surface area contributed by atoms with Gasteiger partial charge in [-0.1, -0.05) is 18.2 Å². The molecule has 38 heavy (non-hydrogen) atoms. The van der Waals surface area contributed by atoms with Crippen molar-refractivity contribution >= 4 is 0 Å². The molecule has 0 saturated heterocycles. The highest BCUT2D eigenvalue weighted by Crippen LogP contribution is 2.38. The van der Waals surface area contributed by atoms with Crippen molar-refractivity contribution in [3.63, 3.8) is 0 Å². The molecule has 0 radical (unpaired) electrons. The van der Waals surface area contributed by atoms with Crippen molar-refractivity contribution in [2.45, 2.75) is 50.6 Å². The van der Waals surface area contributed by atoms with E-state index in [4.69, 9.17) is 0 Å². The number of alkyl halides is 2. The summed E-state index contributed by atoms with van der Waals surface area (Å²) in [6.07, 6.45) is -0.586. The number of aryl methyl sites for hydroxylation is 1. The summed E-state index contributed by atoms with van der Waals surface area (Å²) in [7, 11) is 0. The van der Waals surface area contributed by atoms with Crippen LogP contribution in [0.1, 0.15) is 49.1 Å². The third-order valence-electron chi connectivity index (χ3n) is 6.93. The molecule has 0 amide bonds. The van der Waals surface area contributed by atoms with Crippen LogP contribution in [0.5, 0.6) is 5.75 Å². The predicted octanol–water partition coefficient (Wildman–Crippen LogP) is 9.25. The molecule has 0 atom stereocenters. The van der Waals surface area contributed by atoms with E-state index in [1.54, 1.807) is 0 Å². The average molecular weight is 540 g/mol. The van der Waals surface area contributed by atoms with Crippen LogP contribution in [0.2, 0.25) is 0 Å². The highest BCUT2D eigenvalue weighted by Gasteiger charge is 2.33. The smallest absolute Gasteiger partial charge is 0.398 e. The van der Waals surface area contributed by atoms with Gasteiger partial charge in [-0.05, 0) is 84.9 Å². The molecule has 1 aliphatic carbocycles. The number of halogens is 8. The Balaban J connectivity index is 1.42. The largest absolute Gasteiger partial charge is 0.432 e. The van der Waals surface area contributed by atoms with E-state index < -0.39 is 59.6 Å². The maximum atomic E-state index is 14.8. The number of benzene rings is 3. The van der Waals surface area contributed by atoms with Crippen molar-refractivity contribution in [3.05, 3.63) is 101 Å². The molecule has 4 rings (SSSR count). The molecular weight excluding hydrogens is 516 g/mol. The van der Waals surface area contributed by atoms with E-state index in [0.717, 1.165) is 25.0 Å². The lowest BCUT2D eigenvalue weighted by molar-refractivity contribution is -0.180. The Morgan fingerprint density at radius 3 is 2.05 bits per heavy atom. The quantitative estimate of drug-likeness (QED) is 0.157. The second kappa shape index (κ2) is 11.2. The van der Waals surface area contributed by atoms with Crippen molar-refractivity contribution < 1.29 is 39.9 Å². The van der Waals surface area contributed by atoms with E-state index in [-0.39, 0.29) is 28.2 Å². The maximum absolute atomic E-state index is 14.8. The lowest BCUT2D eigenvalue weighted by Gasteiger charge is -2.27. The Bertz CT molecular complexity index is 1310. The van der Waals surface area contributed by atoms with Gasteiger partial charge in [-0.2, -0.15) is 8.78 Å². The lowest BCUT2D eigenvalue weighted by Crippen LogP contribution is -2.25. The fraction of sp³-hybridized carbons (Fsp3) is 0.310. The van der Waals surface area contributed by atoms with Crippen LogP contribution in [0.4, 0.5) is 35.1 Å². The third kappa shape index (κ3) is 6.03. The van der Waals surface area contributed by atoms with Crippen LogP contribution in [-0.2, 0) is 6.42 Å². The van der Waals surface area contributed by atoms with Crippen LogP contribution in [0.3, 0.4) is 0 Å². The van der Waals surface area contributed by atoms with Crippen LogP contribution in [0, 0.1) is 40.8 Å². The van der Waals surface area contributed by atoms with Crippen LogP contribution in [-0.4, -0.2) is 6.11 Å². The second-order valence-corrected chi connectivity index (χ2v) is 9.42. The maximum Gasteiger partial charge on any atom is 0.398 e. The van der Waals surface area contributed by atoms with Gasteiger partial charge < -0.3 is 4.74 Å². The molecule has 0 spiro atoms. The summed E-state index contributed by atoms with van der Waals surface area (Å²) in [5, 5.41) is 0. The summed E-state index contributed by atoms with van der Waals surface area (Å²) in [4.78, 5) is 0. The Labute approximate surface area is 214 Å². The topological polar surface area (TPSA) is 9.23 Å². The number of hydrogen-bond donors (Lipinski definition) is 0. The molecule has 1 saturated carbocycles. The van der Waals surface area contributed by atoms with E-state index in [2.05, 4.69) is 11.3 Å². The van der Waals surface area contributed by atoms with Gasteiger partial charge in [-0.15, -0.1) is 6.58 Å². The number of hydrogen-bond acceptors (Lipinski definition) is 1. The van der Waals surface area contributed by atoms with E-state index in [0.29, 0.717) is 37.0 Å². The van der Waals surface area contributed by atoms with Crippen LogP contribution < -0.4 is 4.74 Å². The molecule has 9 heteroatoms. The SMILES string of the molecule is C=CC1CCC(c2ccc(CCC(F)(F)Oc3ccc(-c4cc(F)c(F)c(F)c4)c(F)c3)c(F)c2F)CC1. The van der Waals surface area contributed by atoms with E-state index in [1.807, 2.05) is 6.08 Å². The minimum atomic E-state index is -3.87. The van der Waals surface area contributed by atoms with Gasteiger partial charge in [0, 0.05) is 11.6 Å². The molecule has 3 aromatic rings. The van der Waals surface area contributed by atoms with Gasteiger partial charge in [0.1, 0.15) is 11.6 Å². The van der Waals surface area contributed by atoms with Crippen molar-refractivity contribution in [2.24, 2.45) is 5.92 Å². The normalized spacial score (nSPS) is 17.9. The number of rotatable bonds is 8. The van der Waals surface area contributed by atoms with E-state index in [1.165, 1.54) is 12.1 Å². The first-order valence-corrected chi connectivity index (χ1v) is 12.1. The summed E-state index contributed by atoms with van der Waals surface area (Å²) < 4.78 is 118. The monoisotopic (exact) mass is 540 g/mol. The fourth-order valence-corrected chi connectivity index (χ4v) is 4.79. The molecule has 0 bridgehead atoms. The summed E-state index contributed by atoms with van der Waals surface area (Å²) in [6.45, 7) is 3.76. The highest BCUT2D eigenvalue weighted by molar-refractivity contribution is 5.65. The van der Waals surface area contributed by atoms with E-state index >= 15 is 0 Å². The summed E-state index contributed by atoms with van der Waals surface area (Å²) in [6, 6.07) is 6.33. The highest BCUT2D eigenvalue weighted by atomic mass is 19.3. The zero-order valence-corrected chi connectivity index (χ0v) is 20.2. The second-order valence-electron chi connectivity index (χ2n) is 9.42. The molecule has 0 aromatic heterocycles. The molecule has 1 fully saturated rings. The molecular formula is C29H24F8O. The molecule has 0 N–H and O–H groups in total. The Morgan fingerprint density at radius 2 is 1.45 bits per heavy atom. The molecule has 0 aliphatic heterocycles. The van der Waals surface area contributed by atoms with E-state index in [9.17, 15) is 35.1 Å². The first-order valence-electron chi connectivity index (χ1n) is 12.1. The van der Waals surface area contributed by atoms with Gasteiger partial charge >= 0.3 is 6.11 Å². The Hall–Kier alpha value is -3.36. The minimum Gasteiger partial charge on any atom is -0.432 e. The van der Waals surface area contributed by atoms with Crippen molar-refractivity contribution in [3.8, 4) is 16.9 Å². The van der Waals surface area contributed by atoms with Gasteiger partial charge in [-0.3, -0.25) is 0 Å². The molecule has 1 nitrogen and oxygen atoms in total. The van der Waals surface area contributed by atoms with Crippen molar-refractivity contribution in [1.29, 1.82) is 0 Å². The van der Waals surface area contributed by atoms with Gasteiger partial charge in [0.2, 0.25) is 0 Å². The lowest BCUT2D eigenvalue weighted by atomic mass is 9.78. The third-order valence-corrected chi connectivity index (χ3v) is 6.93. The summed E-state index contributed by atoms with van der Waals surface area (Å²) >= 11 is 0.